The lowest BCUT2D eigenvalue weighted by molar-refractivity contribution is -0.117. The number of carbonyl (C=O) groups excluding carboxylic acids is 2. The minimum Gasteiger partial charge on any atom is -0.364 e. The lowest BCUT2D eigenvalue weighted by Crippen LogP contribution is -2.54. The van der Waals surface area contributed by atoms with Crippen LogP contribution < -0.4 is 21.3 Å². The molecule has 2 atom stereocenters. The van der Waals surface area contributed by atoms with Gasteiger partial charge in [-0.1, -0.05) is 24.3 Å². The Bertz CT molecular complexity index is 914. The van der Waals surface area contributed by atoms with E-state index in [1.165, 1.54) is 6.08 Å². The van der Waals surface area contributed by atoms with Crippen molar-refractivity contribution in [3.63, 3.8) is 0 Å². The van der Waals surface area contributed by atoms with Gasteiger partial charge in [0.25, 0.3) is 5.91 Å². The molecule has 1 aliphatic rings. The van der Waals surface area contributed by atoms with Gasteiger partial charge in [-0.15, -0.1) is 10.2 Å². The summed E-state index contributed by atoms with van der Waals surface area (Å²) in [7, 11) is 0. The van der Waals surface area contributed by atoms with Crippen LogP contribution in [0.4, 0.5) is 17.5 Å². The average molecular weight is 395 g/mol. The Morgan fingerprint density at radius 2 is 2.00 bits per heavy atom. The quantitative estimate of drug-likeness (QED) is 0.635. The predicted molar refractivity (Wildman–Crippen MR) is 111 cm³/mol. The minimum atomic E-state index is -0.714. The zero-order valence-electron chi connectivity index (χ0n) is 16.6. The van der Waals surface area contributed by atoms with Crippen molar-refractivity contribution < 1.29 is 9.59 Å². The maximum absolute atomic E-state index is 11.8. The third-order valence-corrected chi connectivity index (χ3v) is 4.98. The van der Waals surface area contributed by atoms with E-state index in [2.05, 4.69) is 32.4 Å². The van der Waals surface area contributed by atoms with Gasteiger partial charge >= 0.3 is 0 Å². The molecular formula is C20H25N7O2. The molecular weight excluding hydrogens is 370 g/mol. The summed E-state index contributed by atoms with van der Waals surface area (Å²) in [6.07, 6.45) is 2.96. The molecule has 0 unspecified atom stereocenters. The molecule has 2 heterocycles. The van der Waals surface area contributed by atoms with Crippen LogP contribution in [0.15, 0.2) is 36.9 Å². The van der Waals surface area contributed by atoms with E-state index in [1.807, 2.05) is 43.0 Å². The number of aromatic nitrogens is 3. The summed E-state index contributed by atoms with van der Waals surface area (Å²) in [5.41, 5.74) is 7.29. The number of piperidine rings is 1. The zero-order valence-corrected chi connectivity index (χ0v) is 16.6. The SMILES string of the molecule is C=CC(=O)N[C@@H]1CCCN(c2nnc(C(N)=O)c(Nc3ccc(C)cc3)n2)[C@@H]1C. The van der Waals surface area contributed by atoms with Crippen LogP contribution in [0.25, 0.3) is 0 Å². The van der Waals surface area contributed by atoms with Gasteiger partial charge in [-0.05, 0) is 44.9 Å². The van der Waals surface area contributed by atoms with E-state index in [1.54, 1.807) is 0 Å². The third-order valence-electron chi connectivity index (χ3n) is 4.98. The summed E-state index contributed by atoms with van der Waals surface area (Å²) in [5, 5.41) is 14.2. The van der Waals surface area contributed by atoms with Crippen LogP contribution in [0, 0.1) is 6.92 Å². The van der Waals surface area contributed by atoms with Gasteiger partial charge in [0.15, 0.2) is 11.5 Å². The fraction of sp³-hybridized carbons (Fsp3) is 0.350. The molecule has 3 rings (SSSR count). The van der Waals surface area contributed by atoms with Crippen molar-refractivity contribution in [3.8, 4) is 0 Å². The highest BCUT2D eigenvalue weighted by molar-refractivity contribution is 5.96. The lowest BCUT2D eigenvalue weighted by atomic mass is 9.97. The highest BCUT2D eigenvalue weighted by atomic mass is 16.2. The molecule has 0 aliphatic carbocycles. The molecule has 1 aromatic carbocycles. The van der Waals surface area contributed by atoms with E-state index in [9.17, 15) is 9.59 Å². The van der Waals surface area contributed by atoms with Crippen LogP contribution in [0.5, 0.6) is 0 Å². The second-order valence-electron chi connectivity index (χ2n) is 7.06. The smallest absolute Gasteiger partial charge is 0.273 e. The number of amides is 2. The van der Waals surface area contributed by atoms with Crippen molar-refractivity contribution in [1.29, 1.82) is 0 Å². The molecule has 2 aromatic rings. The van der Waals surface area contributed by atoms with Crippen molar-refractivity contribution in [2.24, 2.45) is 5.73 Å². The van der Waals surface area contributed by atoms with Crippen molar-refractivity contribution in [3.05, 3.63) is 48.2 Å². The summed E-state index contributed by atoms with van der Waals surface area (Å²) in [6.45, 7) is 8.19. The van der Waals surface area contributed by atoms with E-state index < -0.39 is 5.91 Å². The Morgan fingerprint density at radius 1 is 1.28 bits per heavy atom. The van der Waals surface area contributed by atoms with E-state index in [-0.39, 0.29) is 29.5 Å². The Labute approximate surface area is 169 Å². The van der Waals surface area contributed by atoms with Crippen LogP contribution >= 0.6 is 0 Å². The van der Waals surface area contributed by atoms with Gasteiger partial charge < -0.3 is 21.3 Å². The molecule has 1 aromatic heterocycles. The minimum absolute atomic E-state index is 0.0319. The van der Waals surface area contributed by atoms with Crippen LogP contribution in [-0.2, 0) is 4.79 Å². The molecule has 4 N–H and O–H groups in total. The number of rotatable bonds is 6. The van der Waals surface area contributed by atoms with Gasteiger partial charge in [-0.2, -0.15) is 4.98 Å². The van der Waals surface area contributed by atoms with Crippen LogP contribution in [0.3, 0.4) is 0 Å². The van der Waals surface area contributed by atoms with Gasteiger partial charge in [0.2, 0.25) is 11.9 Å². The fourth-order valence-electron chi connectivity index (χ4n) is 3.33. The summed E-state index contributed by atoms with van der Waals surface area (Å²) in [5.74, 6) is -0.312. The fourth-order valence-corrected chi connectivity index (χ4v) is 3.33. The number of nitrogens with one attached hydrogen (secondary N) is 2. The van der Waals surface area contributed by atoms with Gasteiger partial charge in [0.1, 0.15) is 0 Å². The second-order valence-corrected chi connectivity index (χ2v) is 7.06. The van der Waals surface area contributed by atoms with Gasteiger partial charge in [0, 0.05) is 24.3 Å². The Morgan fingerprint density at radius 3 is 2.66 bits per heavy atom. The first kappa shape index (κ1) is 20.2. The summed E-state index contributed by atoms with van der Waals surface area (Å²) >= 11 is 0. The molecule has 2 amide bonds. The second kappa shape index (κ2) is 8.68. The highest BCUT2D eigenvalue weighted by Gasteiger charge is 2.31. The maximum Gasteiger partial charge on any atom is 0.273 e. The number of carbonyl (C=O) groups is 2. The molecule has 9 heteroatoms. The molecule has 29 heavy (non-hydrogen) atoms. The highest BCUT2D eigenvalue weighted by Crippen LogP contribution is 2.25. The first-order valence-corrected chi connectivity index (χ1v) is 9.47. The van der Waals surface area contributed by atoms with Gasteiger partial charge in [0.05, 0.1) is 0 Å². The molecule has 1 fully saturated rings. The standard InChI is InChI=1S/C20H25N7O2/c1-4-16(28)23-15-6-5-11-27(13(15)3)20-24-19(17(18(21)29)25-26-20)22-14-9-7-12(2)8-10-14/h4,7-10,13,15H,1,5-6,11H2,2-3H3,(H2,21,29)(H,23,28)(H,22,24,26)/t13-,15-/m1/s1. The molecule has 9 nitrogen and oxygen atoms in total. The molecule has 0 saturated carbocycles. The number of primary amides is 1. The van der Waals surface area contributed by atoms with E-state index in [0.29, 0.717) is 12.5 Å². The normalized spacial score (nSPS) is 18.8. The first-order valence-electron chi connectivity index (χ1n) is 9.47. The predicted octanol–water partition coefficient (Wildman–Crippen LogP) is 1.68. The topological polar surface area (TPSA) is 126 Å². The number of hydrogen-bond acceptors (Lipinski definition) is 7. The molecule has 152 valence electrons. The van der Waals surface area contributed by atoms with E-state index in [4.69, 9.17) is 5.73 Å². The molecule has 0 spiro atoms. The molecule has 0 radical (unpaired) electrons. The molecule has 1 saturated heterocycles. The number of nitrogens with zero attached hydrogens (tertiary/aromatic N) is 4. The maximum atomic E-state index is 11.8. The Hall–Kier alpha value is -3.49. The summed E-state index contributed by atoms with van der Waals surface area (Å²) < 4.78 is 0. The average Bonchev–Trinajstić information content (AvgIpc) is 2.71. The Balaban J connectivity index is 1.89. The molecule has 0 bridgehead atoms. The largest absolute Gasteiger partial charge is 0.364 e. The van der Waals surface area contributed by atoms with E-state index >= 15 is 0 Å². The number of nitrogens with two attached hydrogens (primary N) is 1. The number of hydrogen-bond donors (Lipinski definition) is 3. The number of anilines is 3. The zero-order chi connectivity index (χ0) is 21.0. The molecule has 1 aliphatic heterocycles. The van der Waals surface area contributed by atoms with Gasteiger partial charge in [-0.25, -0.2) is 0 Å². The lowest BCUT2D eigenvalue weighted by Gasteiger charge is -2.39. The third kappa shape index (κ3) is 4.68. The van der Waals surface area contributed by atoms with Crippen molar-refractivity contribution in [2.45, 2.75) is 38.8 Å². The van der Waals surface area contributed by atoms with Gasteiger partial charge in [-0.3, -0.25) is 9.59 Å². The van der Waals surface area contributed by atoms with Crippen LogP contribution in [0.1, 0.15) is 35.8 Å². The number of benzene rings is 1. The van der Waals surface area contributed by atoms with Crippen molar-refractivity contribution in [2.75, 3.05) is 16.8 Å². The first-order chi connectivity index (χ1) is 13.9. The summed E-state index contributed by atoms with van der Waals surface area (Å²) in [4.78, 5) is 30.0. The Kier molecular flexibility index (Phi) is 6.06. The van der Waals surface area contributed by atoms with Crippen molar-refractivity contribution in [1.82, 2.24) is 20.5 Å². The number of aryl methyl sites for hydroxylation is 1. The van der Waals surface area contributed by atoms with E-state index in [0.717, 1.165) is 24.1 Å². The van der Waals surface area contributed by atoms with Crippen LogP contribution in [-0.4, -0.2) is 45.6 Å². The monoisotopic (exact) mass is 395 g/mol. The van der Waals surface area contributed by atoms with Crippen molar-refractivity contribution >= 4 is 29.3 Å². The van der Waals surface area contributed by atoms with Crippen LogP contribution in [0.2, 0.25) is 0 Å². The summed E-state index contributed by atoms with van der Waals surface area (Å²) in [6, 6.07) is 7.53.